The number of hydrogen-bond donors (Lipinski definition) is 2. The van der Waals surface area contributed by atoms with Crippen LogP contribution in [0.4, 0.5) is 5.13 Å². The van der Waals surface area contributed by atoms with Crippen LogP contribution in [0.25, 0.3) is 10.1 Å². The van der Waals surface area contributed by atoms with E-state index in [4.69, 9.17) is 19.7 Å². The van der Waals surface area contributed by atoms with Crippen molar-refractivity contribution in [3.05, 3.63) is 362 Å². The lowest BCUT2D eigenvalue weighted by Gasteiger charge is -2.49. The van der Waals surface area contributed by atoms with Crippen LogP contribution in [0.3, 0.4) is 0 Å². The number of anilines is 1. The Morgan fingerprint density at radius 2 is 1.09 bits per heavy atom. The first-order valence-electron chi connectivity index (χ1n) is 28.8. The Labute approximate surface area is 531 Å². The molecule has 1 fully saturated rings. The van der Waals surface area contributed by atoms with Gasteiger partial charge in [-0.1, -0.05) is 272 Å². The Bertz CT molecular complexity index is 4230. The second-order valence-electron chi connectivity index (χ2n) is 21.0. The lowest BCUT2D eigenvalue weighted by molar-refractivity contribution is -0.154. The van der Waals surface area contributed by atoms with Gasteiger partial charge >= 0.3 is 5.97 Å². The van der Waals surface area contributed by atoms with Crippen molar-refractivity contribution in [3.8, 4) is 0 Å². The molecular weight excluding hydrogens is 1180 g/mol. The lowest BCUT2D eigenvalue weighted by Crippen LogP contribution is -2.71. The molecule has 13 rings (SSSR count). The number of carbonyl (C=O) groups excluding carboxylic acids is 3. The maximum absolute atomic E-state index is 15.7. The van der Waals surface area contributed by atoms with E-state index in [-0.39, 0.29) is 28.3 Å². The van der Waals surface area contributed by atoms with E-state index in [0.717, 1.165) is 53.4 Å². The summed E-state index contributed by atoms with van der Waals surface area (Å²) in [7, 11) is 0. The number of thioether (sulfide) groups is 2. The van der Waals surface area contributed by atoms with Crippen molar-refractivity contribution < 1.29 is 24.0 Å². The SMILES string of the molecule is O=C(NC1C(=O)N2C(C(=O)OC(c3ccccc3)c3ccccc3)=C(C=CSc3cc(=O)c4ccccc4s3)CS[C@H]12)C(=NOC(c1ccccc1)(c1ccccc1)c1ccccc1)c1csc(NC(c2ccccc2)(c2ccccc2)c2ccccc2)n1. The average Bonchev–Trinajstić information content (AvgIpc) is 1.10. The van der Waals surface area contributed by atoms with Gasteiger partial charge in [-0.15, -0.1) is 34.4 Å². The molecular formula is C74H55N5O6S4. The summed E-state index contributed by atoms with van der Waals surface area (Å²) in [6.07, 6.45) is 0.975. The number of β-lactam (4-membered cyclic amide) rings is 1. The van der Waals surface area contributed by atoms with Crippen LogP contribution in [0.2, 0.25) is 0 Å². The molecule has 4 heterocycles. The van der Waals surface area contributed by atoms with Gasteiger partial charge < -0.3 is 20.2 Å². The molecule has 0 radical (unpaired) electrons. The summed E-state index contributed by atoms with van der Waals surface area (Å²) in [4.78, 5) is 72.8. The molecule has 11 nitrogen and oxygen atoms in total. The summed E-state index contributed by atoms with van der Waals surface area (Å²) in [5.74, 6) is -1.72. The maximum atomic E-state index is 15.7. The summed E-state index contributed by atoms with van der Waals surface area (Å²) < 4.78 is 8.13. The topological polar surface area (TPSA) is 139 Å². The first kappa shape index (κ1) is 58.1. The highest BCUT2D eigenvalue weighted by Crippen LogP contribution is 2.45. The second-order valence-corrected chi connectivity index (χ2v) is 25.3. The smallest absolute Gasteiger partial charge is 0.356 e. The third-order valence-electron chi connectivity index (χ3n) is 15.7. The number of nitrogens with zero attached hydrogens (tertiary/aromatic N) is 3. The van der Waals surface area contributed by atoms with Crippen LogP contribution >= 0.6 is 46.2 Å². The van der Waals surface area contributed by atoms with Gasteiger partial charge in [0.1, 0.15) is 28.3 Å². The molecule has 2 N–H and O–H groups in total. The van der Waals surface area contributed by atoms with E-state index in [1.165, 1.54) is 51.1 Å². The number of esters is 1. The van der Waals surface area contributed by atoms with Gasteiger partial charge in [-0.05, 0) is 57.0 Å². The summed E-state index contributed by atoms with van der Waals surface area (Å²) in [5.41, 5.74) is 4.68. The number of rotatable bonds is 20. The number of nitrogens with one attached hydrogen (secondary N) is 2. The Morgan fingerprint density at radius 1 is 0.618 bits per heavy atom. The average molecular weight is 1240 g/mol. The highest BCUT2D eigenvalue weighted by Gasteiger charge is 2.55. The number of aromatic nitrogens is 1. The van der Waals surface area contributed by atoms with Crippen molar-refractivity contribution in [3.63, 3.8) is 0 Å². The number of fused-ring (bicyclic) bond motifs is 2. The number of hydrogen-bond acceptors (Lipinski definition) is 13. The molecule has 89 heavy (non-hydrogen) atoms. The molecule has 2 aliphatic rings. The monoisotopic (exact) mass is 1240 g/mol. The molecule has 436 valence electrons. The van der Waals surface area contributed by atoms with Crippen molar-refractivity contribution in [1.29, 1.82) is 0 Å². The third kappa shape index (κ3) is 11.8. The number of ether oxygens (including phenoxy) is 1. The number of carbonyl (C=O) groups is 3. The lowest BCUT2D eigenvalue weighted by atomic mass is 9.77. The predicted molar refractivity (Wildman–Crippen MR) is 358 cm³/mol. The maximum Gasteiger partial charge on any atom is 0.356 e. The minimum atomic E-state index is -1.40. The molecule has 2 amide bonds. The first-order chi connectivity index (χ1) is 43.8. The minimum absolute atomic E-state index is 0.0502. The van der Waals surface area contributed by atoms with Crippen LogP contribution < -0.4 is 16.1 Å². The van der Waals surface area contributed by atoms with E-state index in [9.17, 15) is 4.79 Å². The van der Waals surface area contributed by atoms with Crippen molar-refractivity contribution >= 4 is 84.9 Å². The largest absolute Gasteiger partial charge is 0.448 e. The highest BCUT2D eigenvalue weighted by atomic mass is 32.2. The molecule has 2 aliphatic heterocycles. The minimum Gasteiger partial charge on any atom is -0.448 e. The van der Waals surface area contributed by atoms with Crippen molar-refractivity contribution in [2.45, 2.75) is 32.9 Å². The Kier molecular flexibility index (Phi) is 17.1. The molecule has 9 aromatic carbocycles. The van der Waals surface area contributed by atoms with Gasteiger partial charge in [0, 0.05) is 44.0 Å². The zero-order chi connectivity index (χ0) is 60.6. The Balaban J connectivity index is 0.886. The molecule has 0 bridgehead atoms. The van der Waals surface area contributed by atoms with Crippen molar-refractivity contribution in [2.75, 3.05) is 11.1 Å². The second kappa shape index (κ2) is 26.2. The van der Waals surface area contributed by atoms with E-state index in [1.54, 1.807) is 17.5 Å². The van der Waals surface area contributed by atoms with E-state index in [1.807, 2.05) is 236 Å². The number of thiazole rings is 1. The van der Waals surface area contributed by atoms with E-state index < -0.39 is 46.4 Å². The molecule has 2 aromatic heterocycles. The standard InChI is InChI=1S/C74H55N5O6S4/c80-61-47-63(89-62-44-26-25-43-59(61)62)86-46-45-52-48-87-70-65(69(82)79(70)66(52)71(83)84-67(50-27-9-1-10-28-50)51-29-11-2-12-30-51)76-68(81)64(78-85-74(56-37-19-6-20-38-56,57-39-21-7-22-40-57)58-41-23-8-24-42-58)60-49-88-72(75-60)77-73(53-31-13-3-14-32-53,54-33-15-4-16-34-54)55-35-17-5-18-36-55/h1-47,49,65,67,70H,48H2,(H,75,77)(H,76,81)/t65?,70-/m1/s1. The molecule has 2 atom stereocenters. The molecule has 11 aromatic rings. The zero-order valence-corrected chi connectivity index (χ0v) is 50.8. The molecule has 0 aliphatic carbocycles. The van der Waals surface area contributed by atoms with Gasteiger partial charge in [0.25, 0.3) is 11.8 Å². The molecule has 0 spiro atoms. The molecule has 1 saturated heterocycles. The van der Waals surface area contributed by atoms with Crippen LogP contribution in [-0.4, -0.2) is 50.5 Å². The van der Waals surface area contributed by atoms with Gasteiger partial charge in [0.2, 0.25) is 5.60 Å². The van der Waals surface area contributed by atoms with Crippen LogP contribution in [0.1, 0.15) is 56.3 Å². The fraction of sp³-hybridized carbons (Fsp3) is 0.0811. The van der Waals surface area contributed by atoms with Crippen LogP contribution in [0.5, 0.6) is 0 Å². The van der Waals surface area contributed by atoms with E-state index in [0.29, 0.717) is 16.1 Å². The van der Waals surface area contributed by atoms with E-state index in [2.05, 4.69) is 47.0 Å². The van der Waals surface area contributed by atoms with Gasteiger partial charge in [-0.3, -0.25) is 19.3 Å². The van der Waals surface area contributed by atoms with Crippen LogP contribution in [-0.2, 0) is 35.1 Å². The normalized spacial score (nSPS) is 15.1. The number of amides is 2. The number of benzene rings is 9. The highest BCUT2D eigenvalue weighted by molar-refractivity contribution is 8.04. The zero-order valence-electron chi connectivity index (χ0n) is 47.6. The molecule has 0 saturated carbocycles. The fourth-order valence-electron chi connectivity index (χ4n) is 11.4. The van der Waals surface area contributed by atoms with Gasteiger partial charge in [-0.25, -0.2) is 9.78 Å². The van der Waals surface area contributed by atoms with Crippen molar-refractivity contribution in [2.24, 2.45) is 5.16 Å². The third-order valence-corrected chi connectivity index (χ3v) is 19.8. The Morgan fingerprint density at radius 3 is 1.61 bits per heavy atom. The first-order valence-corrected chi connectivity index (χ1v) is 32.4. The quantitative estimate of drug-likeness (QED) is 0.0189. The fourth-order valence-corrected chi connectivity index (χ4v) is 15.5. The summed E-state index contributed by atoms with van der Waals surface area (Å²) in [6, 6.07) is 86.5. The van der Waals surface area contributed by atoms with Crippen molar-refractivity contribution in [1.82, 2.24) is 15.2 Å². The number of oxime groups is 1. The Hall–Kier alpha value is -9.90. The van der Waals surface area contributed by atoms with Gasteiger partial charge in [0.05, 0.1) is 4.21 Å². The molecule has 15 heteroatoms. The number of allylic oxidation sites excluding steroid dienone is 1. The van der Waals surface area contributed by atoms with Crippen LogP contribution in [0, 0.1) is 0 Å². The predicted octanol–water partition coefficient (Wildman–Crippen LogP) is 15.1. The van der Waals surface area contributed by atoms with Gasteiger partial charge in [0.15, 0.2) is 22.4 Å². The summed E-state index contributed by atoms with van der Waals surface area (Å²) >= 11 is 5.53. The van der Waals surface area contributed by atoms with E-state index >= 15 is 14.4 Å². The van der Waals surface area contributed by atoms with Gasteiger partial charge in [-0.2, -0.15) is 0 Å². The van der Waals surface area contributed by atoms with Crippen LogP contribution in [0.15, 0.2) is 315 Å². The summed E-state index contributed by atoms with van der Waals surface area (Å²) in [6.45, 7) is 0. The summed E-state index contributed by atoms with van der Waals surface area (Å²) in [5, 5.41) is 15.8. The molecule has 1 unspecified atom stereocenters.